The fourth-order valence-electron chi connectivity index (χ4n) is 4.93. The Balaban J connectivity index is 1.16. The molecule has 0 aromatic heterocycles. The lowest BCUT2D eigenvalue weighted by Crippen LogP contribution is -2.54. The van der Waals surface area contributed by atoms with E-state index in [1.165, 1.54) is 6.07 Å². The van der Waals surface area contributed by atoms with E-state index < -0.39 is 35.6 Å². The van der Waals surface area contributed by atoms with Crippen molar-refractivity contribution in [2.75, 3.05) is 71.3 Å². The lowest BCUT2D eigenvalue weighted by Gasteiger charge is -2.27. The van der Waals surface area contributed by atoms with E-state index >= 15 is 0 Å². The van der Waals surface area contributed by atoms with Crippen LogP contribution in [0, 0.1) is 0 Å². The van der Waals surface area contributed by atoms with E-state index in [-0.39, 0.29) is 49.6 Å². The molecule has 0 saturated carbocycles. The second kappa shape index (κ2) is 20.3. The van der Waals surface area contributed by atoms with Gasteiger partial charge >= 0.3 is 5.97 Å². The maximum Gasteiger partial charge on any atom is 0.329 e. The molecular formula is C31H44N4O11. The van der Waals surface area contributed by atoms with Crippen LogP contribution in [0.25, 0.3) is 0 Å². The highest BCUT2D eigenvalue weighted by molar-refractivity contribution is 6.25. The fraction of sp³-hybridized carbons (Fsp3) is 0.613. The Morgan fingerprint density at radius 3 is 2.07 bits per heavy atom. The summed E-state index contributed by atoms with van der Waals surface area (Å²) in [6, 6.07) is 3.76. The SMILES string of the molecule is O=C(O)COCCCCCOCCOCCCCCOCC(=O)NCCNc1cccc2c1C(=O)N(C1CCC(=O)NC1=O)C2=O. The number of carboxylic acid groups (broad SMARTS) is 1. The molecule has 2 heterocycles. The Morgan fingerprint density at radius 2 is 1.43 bits per heavy atom. The number of nitrogens with one attached hydrogen (secondary N) is 3. The Bertz CT molecular complexity index is 1210. The molecule has 1 saturated heterocycles. The van der Waals surface area contributed by atoms with Crippen molar-refractivity contribution in [3.05, 3.63) is 29.3 Å². The van der Waals surface area contributed by atoms with E-state index in [0.29, 0.717) is 51.9 Å². The Hall–Kier alpha value is -3.92. The molecule has 1 aromatic carbocycles. The molecule has 15 nitrogen and oxygen atoms in total. The van der Waals surface area contributed by atoms with Crippen LogP contribution in [0.2, 0.25) is 0 Å². The van der Waals surface area contributed by atoms with Crippen molar-refractivity contribution in [2.24, 2.45) is 0 Å². The van der Waals surface area contributed by atoms with E-state index in [1.807, 2.05) is 0 Å². The molecule has 0 bridgehead atoms. The van der Waals surface area contributed by atoms with Crippen LogP contribution < -0.4 is 16.0 Å². The summed E-state index contributed by atoms with van der Waals surface area (Å²) in [4.78, 5) is 73.2. The van der Waals surface area contributed by atoms with Crippen molar-refractivity contribution in [3.63, 3.8) is 0 Å². The number of aliphatic carboxylic acids is 1. The van der Waals surface area contributed by atoms with Crippen LogP contribution in [0.15, 0.2) is 18.2 Å². The van der Waals surface area contributed by atoms with Crippen molar-refractivity contribution < 1.29 is 52.8 Å². The molecule has 2 aliphatic heterocycles. The molecule has 1 atom stereocenters. The van der Waals surface area contributed by atoms with Crippen LogP contribution in [0.5, 0.6) is 0 Å². The maximum atomic E-state index is 13.1. The Morgan fingerprint density at radius 1 is 0.804 bits per heavy atom. The summed E-state index contributed by atoms with van der Waals surface area (Å²) in [6.07, 6.45) is 5.32. The van der Waals surface area contributed by atoms with Gasteiger partial charge in [-0.15, -0.1) is 0 Å². The smallest absolute Gasteiger partial charge is 0.329 e. The van der Waals surface area contributed by atoms with Crippen molar-refractivity contribution in [1.82, 2.24) is 15.5 Å². The van der Waals surface area contributed by atoms with Crippen molar-refractivity contribution >= 4 is 41.2 Å². The number of carboxylic acids is 1. The summed E-state index contributed by atoms with van der Waals surface area (Å²) in [5.74, 6) is -3.51. The number of fused-ring (bicyclic) bond motifs is 1. The number of anilines is 1. The van der Waals surface area contributed by atoms with Crippen molar-refractivity contribution in [1.29, 1.82) is 0 Å². The topological polar surface area (TPSA) is 199 Å². The third-order valence-electron chi connectivity index (χ3n) is 7.22. The lowest BCUT2D eigenvalue weighted by molar-refractivity contribution is -0.142. The average molecular weight is 649 g/mol. The molecule has 1 aromatic rings. The van der Waals surface area contributed by atoms with Gasteiger partial charge in [0.15, 0.2) is 0 Å². The van der Waals surface area contributed by atoms with Crippen LogP contribution in [-0.4, -0.2) is 117 Å². The van der Waals surface area contributed by atoms with E-state index in [4.69, 9.17) is 24.1 Å². The van der Waals surface area contributed by atoms with Gasteiger partial charge in [0, 0.05) is 51.6 Å². The van der Waals surface area contributed by atoms with Crippen molar-refractivity contribution in [2.45, 2.75) is 57.4 Å². The Labute approximate surface area is 267 Å². The molecule has 3 rings (SSSR count). The standard InChI is InChI=1S/C31H44N4O11/c36-25-11-10-24(29(40)34-25)35-30(41)22-8-7-9-23(28(22)31(35)42)32-12-13-33-26(37)20-45-16-5-1-3-14-43-18-19-44-15-4-2-6-17-46-21-27(38)39/h7-9,24,32H,1-6,10-21H2,(H,33,37)(H,38,39)(H,34,36,40). The number of carbonyl (C=O) groups excluding carboxylic acids is 5. The molecule has 0 radical (unpaired) electrons. The number of carbonyl (C=O) groups is 6. The molecule has 5 amide bonds. The van der Waals surface area contributed by atoms with Crippen LogP contribution in [0.4, 0.5) is 5.69 Å². The first-order chi connectivity index (χ1) is 22.3. The van der Waals surface area contributed by atoms with Crippen LogP contribution in [0.3, 0.4) is 0 Å². The summed E-state index contributed by atoms with van der Waals surface area (Å²) in [5, 5.41) is 16.5. The first kappa shape index (κ1) is 36.5. The predicted octanol–water partition coefficient (Wildman–Crippen LogP) is 1.11. The summed E-state index contributed by atoms with van der Waals surface area (Å²) >= 11 is 0. The number of benzene rings is 1. The normalized spacial score (nSPS) is 16.0. The number of amides is 5. The Kier molecular flexibility index (Phi) is 16.1. The highest BCUT2D eigenvalue weighted by atomic mass is 16.5. The van der Waals surface area contributed by atoms with Gasteiger partial charge < -0.3 is 34.7 Å². The van der Waals surface area contributed by atoms with Crippen LogP contribution in [-0.2, 0) is 38.1 Å². The second-order valence-corrected chi connectivity index (χ2v) is 10.8. The van der Waals surface area contributed by atoms with Gasteiger partial charge in [0.25, 0.3) is 11.8 Å². The molecule has 0 aliphatic carbocycles. The van der Waals surface area contributed by atoms with Gasteiger partial charge in [-0.2, -0.15) is 0 Å². The number of imide groups is 2. The number of piperidine rings is 1. The van der Waals surface area contributed by atoms with Gasteiger partial charge in [0.1, 0.15) is 19.3 Å². The van der Waals surface area contributed by atoms with Crippen LogP contribution >= 0.6 is 0 Å². The largest absolute Gasteiger partial charge is 0.480 e. The minimum absolute atomic E-state index is 0.0467. The van der Waals surface area contributed by atoms with Gasteiger partial charge in [0.05, 0.1) is 24.3 Å². The highest BCUT2D eigenvalue weighted by Crippen LogP contribution is 2.32. The van der Waals surface area contributed by atoms with Crippen LogP contribution in [0.1, 0.15) is 72.1 Å². The van der Waals surface area contributed by atoms with Gasteiger partial charge in [-0.05, 0) is 57.1 Å². The monoisotopic (exact) mass is 648 g/mol. The number of rotatable bonds is 24. The van der Waals surface area contributed by atoms with Gasteiger partial charge in [0.2, 0.25) is 17.7 Å². The number of nitrogens with zero attached hydrogens (tertiary/aromatic N) is 1. The van der Waals surface area contributed by atoms with Gasteiger partial charge in [-0.3, -0.25) is 34.2 Å². The lowest BCUT2D eigenvalue weighted by atomic mass is 10.0. The van der Waals surface area contributed by atoms with E-state index in [0.717, 1.165) is 43.4 Å². The average Bonchev–Trinajstić information content (AvgIpc) is 3.28. The quantitative estimate of drug-likeness (QED) is 0.0921. The molecule has 254 valence electrons. The third-order valence-corrected chi connectivity index (χ3v) is 7.22. The summed E-state index contributed by atoms with van der Waals surface area (Å²) in [6.45, 7) is 3.42. The number of ether oxygens (including phenoxy) is 4. The molecule has 0 spiro atoms. The molecule has 2 aliphatic rings. The third kappa shape index (κ3) is 12.1. The molecule has 1 unspecified atom stereocenters. The van der Waals surface area contributed by atoms with E-state index in [9.17, 15) is 28.8 Å². The highest BCUT2D eigenvalue weighted by Gasteiger charge is 2.45. The number of hydrogen-bond acceptors (Lipinski definition) is 11. The zero-order valence-corrected chi connectivity index (χ0v) is 26.0. The minimum Gasteiger partial charge on any atom is -0.480 e. The molecule has 4 N–H and O–H groups in total. The second-order valence-electron chi connectivity index (χ2n) is 10.8. The molecule has 1 fully saturated rings. The molecule has 15 heteroatoms. The van der Waals surface area contributed by atoms with Gasteiger partial charge in [-0.1, -0.05) is 6.07 Å². The zero-order chi connectivity index (χ0) is 33.1. The first-order valence-electron chi connectivity index (χ1n) is 15.7. The predicted molar refractivity (Wildman–Crippen MR) is 163 cm³/mol. The number of unbranched alkanes of at least 4 members (excludes halogenated alkanes) is 4. The zero-order valence-electron chi connectivity index (χ0n) is 26.0. The summed E-state index contributed by atoms with van der Waals surface area (Å²) < 4.78 is 21.5. The summed E-state index contributed by atoms with van der Waals surface area (Å²) in [5.41, 5.74) is 0.763. The van der Waals surface area contributed by atoms with E-state index in [2.05, 4.69) is 16.0 Å². The molecule has 46 heavy (non-hydrogen) atoms. The fourth-order valence-corrected chi connectivity index (χ4v) is 4.93. The minimum atomic E-state index is -1.04. The van der Waals surface area contributed by atoms with Crippen molar-refractivity contribution in [3.8, 4) is 0 Å². The maximum absolute atomic E-state index is 13.1. The first-order valence-corrected chi connectivity index (χ1v) is 15.7. The molecular weight excluding hydrogens is 604 g/mol. The van der Waals surface area contributed by atoms with Gasteiger partial charge in [-0.25, -0.2) is 4.79 Å². The van der Waals surface area contributed by atoms with E-state index in [1.54, 1.807) is 12.1 Å². The number of hydrogen-bond donors (Lipinski definition) is 4. The summed E-state index contributed by atoms with van der Waals surface area (Å²) in [7, 11) is 0.